The number of nitrogens with zero attached hydrogens (tertiary/aromatic N) is 3. The largest absolute Gasteiger partial charge is 0.497 e. The van der Waals surface area contributed by atoms with Crippen LogP contribution in [0.1, 0.15) is 24.3 Å². The van der Waals surface area contributed by atoms with Crippen molar-refractivity contribution in [1.82, 2.24) is 14.7 Å². The van der Waals surface area contributed by atoms with Crippen LogP contribution in [0, 0.1) is 5.92 Å². The lowest BCUT2D eigenvalue weighted by atomic mass is 10.2. The second-order valence-electron chi connectivity index (χ2n) is 5.82. The minimum atomic E-state index is -1.04. The molecule has 0 spiro atoms. The number of aliphatic carboxylic acids is 1. The predicted molar refractivity (Wildman–Crippen MR) is 88.5 cm³/mol. The van der Waals surface area contributed by atoms with E-state index in [0.29, 0.717) is 6.54 Å². The first-order chi connectivity index (χ1) is 11.4. The molecule has 0 aliphatic carbocycles. The highest BCUT2D eigenvalue weighted by molar-refractivity contribution is 5.94. The Labute approximate surface area is 140 Å². The zero-order chi connectivity index (χ0) is 17.7. The summed E-state index contributed by atoms with van der Waals surface area (Å²) in [6.45, 7) is 3.88. The van der Waals surface area contributed by atoms with Gasteiger partial charge in [0.25, 0.3) is 5.91 Å². The number of carboxylic acid groups (broad SMARTS) is 1. The summed E-state index contributed by atoms with van der Waals surface area (Å²) in [5, 5.41) is 13.3. The summed E-state index contributed by atoms with van der Waals surface area (Å²) in [5.74, 6) is -0.541. The van der Waals surface area contributed by atoms with Crippen LogP contribution < -0.4 is 4.74 Å². The molecule has 0 aliphatic rings. The molecule has 24 heavy (non-hydrogen) atoms. The van der Waals surface area contributed by atoms with Crippen molar-refractivity contribution in [3.63, 3.8) is 0 Å². The van der Waals surface area contributed by atoms with Gasteiger partial charge in [0.1, 0.15) is 12.3 Å². The molecule has 2 aromatic rings. The van der Waals surface area contributed by atoms with Crippen molar-refractivity contribution in [3.8, 4) is 11.4 Å². The number of benzene rings is 1. The molecule has 1 aromatic heterocycles. The van der Waals surface area contributed by atoms with Gasteiger partial charge in [-0.1, -0.05) is 13.8 Å². The standard InChI is InChI=1S/C17H21N3O4/c1-12(2)10-19(11-16(21)22)17(23)15-8-9-20(18-15)13-4-6-14(24-3)7-5-13/h4-9,12H,10-11H2,1-3H3,(H,21,22). The van der Waals surface area contributed by atoms with Gasteiger partial charge in [-0.3, -0.25) is 9.59 Å². The molecule has 7 heteroatoms. The molecule has 0 unspecified atom stereocenters. The smallest absolute Gasteiger partial charge is 0.323 e. The van der Waals surface area contributed by atoms with Crippen molar-refractivity contribution in [2.45, 2.75) is 13.8 Å². The van der Waals surface area contributed by atoms with Crippen LogP contribution in [0.2, 0.25) is 0 Å². The third-order valence-electron chi connectivity index (χ3n) is 3.34. The lowest BCUT2D eigenvalue weighted by Crippen LogP contribution is -2.38. The molecular weight excluding hydrogens is 310 g/mol. The number of rotatable bonds is 7. The van der Waals surface area contributed by atoms with Gasteiger partial charge in [0.15, 0.2) is 5.69 Å². The van der Waals surface area contributed by atoms with E-state index in [1.54, 1.807) is 36.2 Å². The van der Waals surface area contributed by atoms with Gasteiger partial charge in [-0.05, 0) is 36.2 Å². The first kappa shape index (κ1) is 17.5. The fourth-order valence-electron chi connectivity index (χ4n) is 2.30. The van der Waals surface area contributed by atoms with Crippen LogP contribution in [0.3, 0.4) is 0 Å². The molecule has 0 saturated carbocycles. The highest BCUT2D eigenvalue weighted by Crippen LogP contribution is 2.15. The summed E-state index contributed by atoms with van der Waals surface area (Å²) in [6, 6.07) is 8.83. The van der Waals surface area contributed by atoms with E-state index in [4.69, 9.17) is 9.84 Å². The van der Waals surface area contributed by atoms with E-state index in [1.807, 2.05) is 26.0 Å². The second kappa shape index (κ2) is 7.63. The molecule has 128 valence electrons. The Balaban J connectivity index is 2.20. The number of ether oxygens (including phenoxy) is 1. The lowest BCUT2D eigenvalue weighted by Gasteiger charge is -2.21. The first-order valence-corrected chi connectivity index (χ1v) is 7.62. The van der Waals surface area contributed by atoms with Crippen LogP contribution in [0.5, 0.6) is 5.75 Å². The topological polar surface area (TPSA) is 84.7 Å². The van der Waals surface area contributed by atoms with Crippen molar-refractivity contribution < 1.29 is 19.4 Å². The molecule has 0 saturated heterocycles. The average molecular weight is 331 g/mol. The maximum atomic E-state index is 12.5. The molecule has 0 radical (unpaired) electrons. The molecule has 7 nitrogen and oxygen atoms in total. The second-order valence-corrected chi connectivity index (χ2v) is 5.82. The van der Waals surface area contributed by atoms with Gasteiger partial charge in [0.2, 0.25) is 0 Å². The van der Waals surface area contributed by atoms with Gasteiger partial charge in [-0.2, -0.15) is 5.10 Å². The average Bonchev–Trinajstić information content (AvgIpc) is 3.02. The van der Waals surface area contributed by atoms with Crippen LogP contribution in [0.4, 0.5) is 0 Å². The number of methoxy groups -OCH3 is 1. The van der Waals surface area contributed by atoms with Crippen LogP contribution in [0.15, 0.2) is 36.5 Å². The van der Waals surface area contributed by atoms with E-state index < -0.39 is 11.9 Å². The van der Waals surface area contributed by atoms with Crippen LogP contribution in [-0.4, -0.2) is 51.9 Å². The highest BCUT2D eigenvalue weighted by atomic mass is 16.5. The molecule has 0 bridgehead atoms. The monoisotopic (exact) mass is 331 g/mol. The Morgan fingerprint density at radius 2 is 1.92 bits per heavy atom. The summed E-state index contributed by atoms with van der Waals surface area (Å²) in [4.78, 5) is 24.8. The number of hydrogen-bond donors (Lipinski definition) is 1. The molecular formula is C17H21N3O4. The molecule has 0 fully saturated rings. The van der Waals surface area contributed by atoms with Crippen LogP contribution in [-0.2, 0) is 4.79 Å². The van der Waals surface area contributed by atoms with E-state index in [0.717, 1.165) is 11.4 Å². The summed E-state index contributed by atoms with van der Waals surface area (Å²) in [5.41, 5.74) is 0.996. The van der Waals surface area contributed by atoms with E-state index in [9.17, 15) is 9.59 Å². The van der Waals surface area contributed by atoms with Crippen LogP contribution in [0.25, 0.3) is 5.69 Å². The number of carboxylic acids is 1. The van der Waals surface area contributed by atoms with Crippen molar-refractivity contribution in [3.05, 3.63) is 42.2 Å². The fourth-order valence-corrected chi connectivity index (χ4v) is 2.30. The zero-order valence-electron chi connectivity index (χ0n) is 14.0. The normalized spacial score (nSPS) is 10.7. The molecule has 1 N–H and O–H groups in total. The zero-order valence-corrected chi connectivity index (χ0v) is 14.0. The summed E-state index contributed by atoms with van der Waals surface area (Å²) in [7, 11) is 1.59. The molecule has 1 heterocycles. The number of amides is 1. The quantitative estimate of drug-likeness (QED) is 0.839. The molecule has 1 amide bonds. The Morgan fingerprint density at radius 1 is 1.25 bits per heavy atom. The summed E-state index contributed by atoms with van der Waals surface area (Å²) >= 11 is 0. The maximum absolute atomic E-state index is 12.5. The Morgan fingerprint density at radius 3 is 2.46 bits per heavy atom. The van der Waals surface area contributed by atoms with Gasteiger partial charge >= 0.3 is 5.97 Å². The predicted octanol–water partition coefficient (Wildman–Crippen LogP) is 2.06. The Hall–Kier alpha value is -2.83. The number of carbonyl (C=O) groups excluding carboxylic acids is 1. The third-order valence-corrected chi connectivity index (χ3v) is 3.34. The minimum absolute atomic E-state index is 0.164. The van der Waals surface area contributed by atoms with Gasteiger partial charge in [-0.25, -0.2) is 4.68 Å². The highest BCUT2D eigenvalue weighted by Gasteiger charge is 2.21. The van der Waals surface area contributed by atoms with Crippen LogP contribution >= 0.6 is 0 Å². The van der Waals surface area contributed by atoms with Crippen molar-refractivity contribution >= 4 is 11.9 Å². The van der Waals surface area contributed by atoms with E-state index in [-0.39, 0.29) is 18.2 Å². The van der Waals surface area contributed by atoms with Crippen molar-refractivity contribution in [2.75, 3.05) is 20.2 Å². The summed E-state index contributed by atoms with van der Waals surface area (Å²) in [6.07, 6.45) is 1.67. The molecule has 0 aliphatic heterocycles. The lowest BCUT2D eigenvalue weighted by molar-refractivity contribution is -0.137. The Kier molecular flexibility index (Phi) is 5.57. The van der Waals surface area contributed by atoms with Crippen molar-refractivity contribution in [2.24, 2.45) is 5.92 Å². The van der Waals surface area contributed by atoms with E-state index in [1.165, 1.54) is 4.90 Å². The number of carbonyl (C=O) groups is 2. The Bertz CT molecular complexity index is 707. The van der Waals surface area contributed by atoms with Gasteiger partial charge in [0, 0.05) is 12.7 Å². The van der Waals surface area contributed by atoms with E-state index in [2.05, 4.69) is 5.10 Å². The maximum Gasteiger partial charge on any atom is 0.323 e. The van der Waals surface area contributed by atoms with Gasteiger partial charge in [0.05, 0.1) is 12.8 Å². The van der Waals surface area contributed by atoms with Gasteiger partial charge < -0.3 is 14.7 Å². The first-order valence-electron chi connectivity index (χ1n) is 7.62. The molecule has 1 aromatic carbocycles. The SMILES string of the molecule is COc1ccc(-n2ccc(C(=O)N(CC(=O)O)CC(C)C)n2)cc1. The molecule has 2 rings (SSSR count). The van der Waals surface area contributed by atoms with Crippen molar-refractivity contribution in [1.29, 1.82) is 0 Å². The van der Waals surface area contributed by atoms with Gasteiger partial charge in [-0.15, -0.1) is 0 Å². The molecule has 0 atom stereocenters. The number of aromatic nitrogens is 2. The fraction of sp³-hybridized carbons (Fsp3) is 0.353. The number of hydrogen-bond acceptors (Lipinski definition) is 4. The summed E-state index contributed by atoms with van der Waals surface area (Å²) < 4.78 is 6.68. The minimum Gasteiger partial charge on any atom is -0.497 e. The third kappa shape index (κ3) is 4.34. The van der Waals surface area contributed by atoms with E-state index >= 15 is 0 Å².